The maximum atomic E-state index is 5.55. The molecular weight excluding hydrogens is 214 g/mol. The Kier molecular flexibility index (Phi) is 4.71. The van der Waals surface area contributed by atoms with Gasteiger partial charge in [0.15, 0.2) is 0 Å². The fourth-order valence-corrected chi connectivity index (χ4v) is 2.08. The molecule has 1 unspecified atom stereocenters. The Labute approximate surface area is 104 Å². The molecule has 0 saturated carbocycles. The van der Waals surface area contributed by atoms with E-state index in [1.54, 1.807) is 7.11 Å². The Morgan fingerprint density at radius 3 is 2.65 bits per heavy atom. The molecule has 0 aliphatic heterocycles. The molecule has 17 heavy (non-hydrogen) atoms. The van der Waals surface area contributed by atoms with Gasteiger partial charge < -0.3 is 10.1 Å². The van der Waals surface area contributed by atoms with Crippen molar-refractivity contribution in [2.24, 2.45) is 0 Å². The zero-order valence-electron chi connectivity index (χ0n) is 11.9. The van der Waals surface area contributed by atoms with E-state index in [1.165, 1.54) is 5.69 Å². The third-order valence-corrected chi connectivity index (χ3v) is 3.41. The number of methoxy groups -OCH3 is 1. The number of nitrogens with zero attached hydrogens (tertiary/aromatic N) is 2. The molecule has 1 atom stereocenters. The number of nitrogens with one attached hydrogen (secondary N) is 1. The van der Waals surface area contributed by atoms with Crippen molar-refractivity contribution >= 4 is 0 Å². The number of ether oxygens (including phenoxy) is 1. The highest BCUT2D eigenvalue weighted by atomic mass is 16.5. The fraction of sp³-hybridized carbons (Fsp3) is 0.769. The molecule has 0 bridgehead atoms. The molecule has 1 aromatic heterocycles. The standard InChI is InChI=1S/C13H25N3O/c1-7-16-11(8-10(2)15-16)9-12(14-5)13(3,4)17-6/h8,12,14H,7,9H2,1-6H3. The van der Waals surface area contributed by atoms with Crippen LogP contribution in [0.25, 0.3) is 0 Å². The SMILES string of the molecule is CCn1nc(C)cc1CC(NC)C(C)(C)OC. The second kappa shape index (κ2) is 5.65. The highest BCUT2D eigenvalue weighted by Gasteiger charge is 2.29. The number of likely N-dealkylation sites (N-methyl/N-ethyl adjacent to an activating group) is 1. The first-order chi connectivity index (χ1) is 7.94. The summed E-state index contributed by atoms with van der Waals surface area (Å²) in [6.45, 7) is 9.27. The van der Waals surface area contributed by atoms with E-state index >= 15 is 0 Å². The molecule has 4 heteroatoms. The van der Waals surface area contributed by atoms with E-state index in [9.17, 15) is 0 Å². The maximum absolute atomic E-state index is 5.55. The minimum atomic E-state index is -0.189. The summed E-state index contributed by atoms with van der Waals surface area (Å²) in [5.74, 6) is 0. The van der Waals surface area contributed by atoms with Gasteiger partial charge in [0.2, 0.25) is 0 Å². The molecule has 4 nitrogen and oxygen atoms in total. The van der Waals surface area contributed by atoms with Crippen LogP contribution in [-0.2, 0) is 17.7 Å². The van der Waals surface area contributed by atoms with E-state index in [1.807, 2.05) is 14.0 Å². The van der Waals surface area contributed by atoms with Crippen LogP contribution in [-0.4, -0.2) is 35.6 Å². The molecule has 1 rings (SSSR count). The van der Waals surface area contributed by atoms with Crippen LogP contribution in [0.3, 0.4) is 0 Å². The van der Waals surface area contributed by atoms with Crippen LogP contribution >= 0.6 is 0 Å². The monoisotopic (exact) mass is 239 g/mol. The van der Waals surface area contributed by atoms with E-state index in [0.29, 0.717) is 0 Å². The summed E-state index contributed by atoms with van der Waals surface area (Å²) in [6.07, 6.45) is 0.923. The average molecular weight is 239 g/mol. The van der Waals surface area contributed by atoms with Crippen molar-refractivity contribution in [2.75, 3.05) is 14.2 Å². The fourth-order valence-electron chi connectivity index (χ4n) is 2.08. The van der Waals surface area contributed by atoms with Gasteiger partial charge >= 0.3 is 0 Å². The van der Waals surface area contributed by atoms with Crippen LogP contribution in [0.2, 0.25) is 0 Å². The first-order valence-electron chi connectivity index (χ1n) is 6.20. The first-order valence-corrected chi connectivity index (χ1v) is 6.20. The number of aromatic nitrogens is 2. The van der Waals surface area contributed by atoms with Crippen molar-refractivity contribution in [2.45, 2.75) is 52.3 Å². The molecule has 0 amide bonds. The van der Waals surface area contributed by atoms with Crippen LogP contribution in [0, 0.1) is 6.92 Å². The van der Waals surface area contributed by atoms with Gasteiger partial charge in [-0.1, -0.05) is 0 Å². The average Bonchev–Trinajstić information content (AvgIpc) is 2.66. The molecule has 1 heterocycles. The van der Waals surface area contributed by atoms with E-state index in [-0.39, 0.29) is 11.6 Å². The molecule has 0 aromatic carbocycles. The summed E-state index contributed by atoms with van der Waals surface area (Å²) >= 11 is 0. The van der Waals surface area contributed by atoms with Crippen molar-refractivity contribution in [1.29, 1.82) is 0 Å². The Hall–Kier alpha value is -0.870. The largest absolute Gasteiger partial charge is 0.377 e. The molecule has 1 aromatic rings. The number of hydrogen-bond donors (Lipinski definition) is 1. The van der Waals surface area contributed by atoms with Crippen LogP contribution in [0.1, 0.15) is 32.2 Å². The third-order valence-electron chi connectivity index (χ3n) is 3.41. The first kappa shape index (κ1) is 14.2. The van der Waals surface area contributed by atoms with E-state index in [2.05, 4.69) is 41.9 Å². The highest BCUT2D eigenvalue weighted by molar-refractivity contribution is 5.11. The van der Waals surface area contributed by atoms with Crippen LogP contribution < -0.4 is 5.32 Å². The molecule has 0 radical (unpaired) electrons. The predicted octanol–water partition coefficient (Wildman–Crippen LogP) is 1.77. The minimum Gasteiger partial charge on any atom is -0.377 e. The second-order valence-corrected chi connectivity index (χ2v) is 4.95. The van der Waals surface area contributed by atoms with Crippen LogP contribution in [0.15, 0.2) is 6.07 Å². The maximum Gasteiger partial charge on any atom is 0.0778 e. The van der Waals surface area contributed by atoms with E-state index in [0.717, 1.165) is 18.7 Å². The van der Waals surface area contributed by atoms with Crippen molar-refractivity contribution in [3.63, 3.8) is 0 Å². The molecule has 0 aliphatic carbocycles. The van der Waals surface area contributed by atoms with Gasteiger partial charge in [0.1, 0.15) is 0 Å². The molecule has 0 spiro atoms. The second-order valence-electron chi connectivity index (χ2n) is 4.95. The predicted molar refractivity (Wildman–Crippen MR) is 70.3 cm³/mol. The molecule has 0 aliphatic rings. The lowest BCUT2D eigenvalue weighted by molar-refractivity contribution is -0.00846. The Balaban J connectivity index is 2.87. The molecular formula is C13H25N3O. The van der Waals surface area contributed by atoms with E-state index in [4.69, 9.17) is 4.74 Å². The topological polar surface area (TPSA) is 39.1 Å². The Bertz CT molecular complexity index is 358. The zero-order chi connectivity index (χ0) is 13.1. The summed E-state index contributed by atoms with van der Waals surface area (Å²) in [7, 11) is 3.73. The normalized spacial score (nSPS) is 14.0. The zero-order valence-corrected chi connectivity index (χ0v) is 11.9. The summed E-state index contributed by atoms with van der Waals surface area (Å²) in [5, 5.41) is 7.81. The van der Waals surface area contributed by atoms with Gasteiger partial charge in [-0.05, 0) is 40.8 Å². The molecule has 98 valence electrons. The van der Waals surface area contributed by atoms with Gasteiger partial charge in [-0.15, -0.1) is 0 Å². The van der Waals surface area contributed by atoms with Crippen LogP contribution in [0.5, 0.6) is 0 Å². The molecule has 1 N–H and O–H groups in total. The van der Waals surface area contributed by atoms with Crippen molar-refractivity contribution in [3.05, 3.63) is 17.5 Å². The van der Waals surface area contributed by atoms with Gasteiger partial charge in [-0.25, -0.2) is 0 Å². The smallest absolute Gasteiger partial charge is 0.0778 e. The van der Waals surface area contributed by atoms with Crippen molar-refractivity contribution < 1.29 is 4.74 Å². The summed E-state index contributed by atoms with van der Waals surface area (Å²) in [5.41, 5.74) is 2.15. The summed E-state index contributed by atoms with van der Waals surface area (Å²) in [6, 6.07) is 2.42. The highest BCUT2D eigenvalue weighted by Crippen LogP contribution is 2.18. The van der Waals surface area contributed by atoms with Crippen molar-refractivity contribution in [1.82, 2.24) is 15.1 Å². The number of rotatable bonds is 6. The Morgan fingerprint density at radius 2 is 2.18 bits per heavy atom. The minimum absolute atomic E-state index is 0.189. The van der Waals surface area contributed by atoms with Gasteiger partial charge in [0, 0.05) is 31.8 Å². The number of hydrogen-bond acceptors (Lipinski definition) is 3. The van der Waals surface area contributed by atoms with Gasteiger partial charge in [-0.2, -0.15) is 5.10 Å². The van der Waals surface area contributed by atoms with Crippen LogP contribution in [0.4, 0.5) is 0 Å². The van der Waals surface area contributed by atoms with Gasteiger partial charge in [0.05, 0.1) is 11.3 Å². The number of aryl methyl sites for hydroxylation is 2. The Morgan fingerprint density at radius 1 is 1.53 bits per heavy atom. The van der Waals surface area contributed by atoms with Gasteiger partial charge in [0.25, 0.3) is 0 Å². The lowest BCUT2D eigenvalue weighted by Gasteiger charge is -2.33. The summed E-state index contributed by atoms with van der Waals surface area (Å²) in [4.78, 5) is 0. The van der Waals surface area contributed by atoms with Gasteiger partial charge in [-0.3, -0.25) is 4.68 Å². The quantitative estimate of drug-likeness (QED) is 0.822. The molecule has 0 saturated heterocycles. The molecule has 0 fully saturated rings. The van der Waals surface area contributed by atoms with E-state index < -0.39 is 0 Å². The lowest BCUT2D eigenvalue weighted by Crippen LogP contribution is -2.48. The third kappa shape index (κ3) is 3.30. The lowest BCUT2D eigenvalue weighted by atomic mass is 9.94. The summed E-state index contributed by atoms with van der Waals surface area (Å²) < 4.78 is 7.61. The van der Waals surface area contributed by atoms with Crippen molar-refractivity contribution in [3.8, 4) is 0 Å².